The van der Waals surface area contributed by atoms with Crippen LogP contribution in [0.3, 0.4) is 0 Å². The maximum Gasteiger partial charge on any atom is 0.347 e. The second-order valence-electron chi connectivity index (χ2n) is 7.26. The van der Waals surface area contributed by atoms with Crippen LogP contribution in [0.4, 0.5) is 4.39 Å². The third-order valence-corrected chi connectivity index (χ3v) is 5.02. The number of rotatable bonds is 7. The molecule has 1 heterocycles. The predicted molar refractivity (Wildman–Crippen MR) is 123 cm³/mol. The Morgan fingerprint density at radius 3 is 2.45 bits per heavy atom. The van der Waals surface area contributed by atoms with Crippen molar-refractivity contribution in [2.45, 2.75) is 13.8 Å². The minimum atomic E-state index is -0.571. The van der Waals surface area contributed by atoms with Crippen LogP contribution in [0, 0.1) is 12.7 Å². The van der Waals surface area contributed by atoms with Gasteiger partial charge in [-0.1, -0.05) is 18.2 Å². The van der Waals surface area contributed by atoms with Crippen LogP contribution in [0.2, 0.25) is 0 Å². The van der Waals surface area contributed by atoms with Crippen molar-refractivity contribution in [3.63, 3.8) is 0 Å². The van der Waals surface area contributed by atoms with Gasteiger partial charge in [-0.2, -0.15) is 0 Å². The van der Waals surface area contributed by atoms with E-state index in [2.05, 4.69) is 0 Å². The van der Waals surface area contributed by atoms with Crippen LogP contribution in [-0.4, -0.2) is 18.4 Å². The van der Waals surface area contributed by atoms with Gasteiger partial charge in [-0.25, -0.2) is 9.18 Å². The highest BCUT2D eigenvalue weighted by atomic mass is 19.1. The molecule has 0 saturated heterocycles. The maximum atomic E-state index is 13.7. The van der Waals surface area contributed by atoms with Gasteiger partial charge in [0.25, 0.3) is 0 Å². The van der Waals surface area contributed by atoms with Crippen LogP contribution in [0.1, 0.15) is 39.0 Å². The molecule has 0 N–H and O–H groups in total. The second-order valence-corrected chi connectivity index (χ2v) is 7.26. The van der Waals surface area contributed by atoms with E-state index in [1.54, 1.807) is 55.5 Å². The monoisotopic (exact) mass is 444 g/mol. The maximum absolute atomic E-state index is 13.7. The number of hydrogen-bond donors (Lipinski definition) is 0. The topological polar surface area (TPSA) is 65.7 Å². The Bertz CT molecular complexity index is 1350. The summed E-state index contributed by atoms with van der Waals surface area (Å²) in [5, 5.41) is 0.605. The standard InChI is InChI=1S/C27H21FO5/c1-3-31-21-13-15-25-22(16-21)26(17(2)32-25)27(30)33-20-11-8-19(9-12-20)24(29)14-10-18-6-4-5-7-23(18)28/h4-16H,3H2,1-2H3/b14-10+. The molecule has 3 aromatic carbocycles. The number of furan rings is 1. The third-order valence-electron chi connectivity index (χ3n) is 5.02. The Balaban J connectivity index is 1.49. The molecule has 6 heteroatoms. The van der Waals surface area contributed by atoms with Crippen molar-refractivity contribution in [1.82, 2.24) is 0 Å². The predicted octanol–water partition coefficient (Wildman–Crippen LogP) is 6.39. The molecule has 166 valence electrons. The van der Waals surface area contributed by atoms with Crippen LogP contribution in [0.5, 0.6) is 11.5 Å². The van der Waals surface area contributed by atoms with Gasteiger partial charge < -0.3 is 13.9 Å². The Morgan fingerprint density at radius 2 is 1.73 bits per heavy atom. The van der Waals surface area contributed by atoms with Crippen LogP contribution in [0.15, 0.2) is 77.2 Å². The first-order valence-corrected chi connectivity index (χ1v) is 10.4. The molecule has 5 nitrogen and oxygen atoms in total. The third kappa shape index (κ3) is 4.85. The first-order valence-electron chi connectivity index (χ1n) is 10.4. The molecule has 33 heavy (non-hydrogen) atoms. The first kappa shape index (κ1) is 22.0. The molecule has 0 unspecified atom stereocenters. The highest BCUT2D eigenvalue weighted by molar-refractivity contribution is 6.07. The number of fused-ring (bicyclic) bond motifs is 1. The Hall–Kier alpha value is -4.19. The van der Waals surface area contributed by atoms with Gasteiger partial charge in [0.2, 0.25) is 0 Å². The molecule has 0 aliphatic heterocycles. The fourth-order valence-corrected chi connectivity index (χ4v) is 3.43. The lowest BCUT2D eigenvalue weighted by atomic mass is 10.1. The zero-order valence-corrected chi connectivity index (χ0v) is 18.1. The van der Waals surface area contributed by atoms with Gasteiger partial charge in [0.05, 0.1) is 6.61 Å². The molecule has 1 aromatic heterocycles. The minimum Gasteiger partial charge on any atom is -0.494 e. The molecular formula is C27H21FO5. The van der Waals surface area contributed by atoms with Crippen molar-refractivity contribution in [1.29, 1.82) is 0 Å². The van der Waals surface area contributed by atoms with Crippen LogP contribution >= 0.6 is 0 Å². The normalized spacial score (nSPS) is 11.1. The fraction of sp³-hybridized carbons (Fsp3) is 0.111. The lowest BCUT2D eigenvalue weighted by Gasteiger charge is -2.06. The van der Waals surface area contributed by atoms with Gasteiger partial charge in [0, 0.05) is 16.5 Å². The summed E-state index contributed by atoms with van der Waals surface area (Å²) in [6.07, 6.45) is 2.73. The minimum absolute atomic E-state index is 0.282. The molecule has 0 bridgehead atoms. The summed E-state index contributed by atoms with van der Waals surface area (Å²) < 4.78 is 30.4. The first-order chi connectivity index (χ1) is 16.0. The van der Waals surface area contributed by atoms with E-state index in [-0.39, 0.29) is 11.5 Å². The number of carbonyl (C=O) groups is 2. The largest absolute Gasteiger partial charge is 0.494 e. The lowest BCUT2D eigenvalue weighted by molar-refractivity contribution is 0.0734. The fourth-order valence-electron chi connectivity index (χ4n) is 3.43. The zero-order valence-electron chi connectivity index (χ0n) is 18.1. The summed E-state index contributed by atoms with van der Waals surface area (Å²) in [4.78, 5) is 25.2. The van der Waals surface area contributed by atoms with E-state index in [0.717, 1.165) is 0 Å². The SMILES string of the molecule is CCOc1ccc2oc(C)c(C(=O)Oc3ccc(C(=O)/C=C/c4ccccc4F)cc3)c2c1. The van der Waals surface area contributed by atoms with E-state index in [0.29, 0.717) is 45.8 Å². The number of carbonyl (C=O) groups excluding carboxylic acids is 2. The molecule has 0 fully saturated rings. The summed E-state index contributed by atoms with van der Waals surface area (Å²) in [6, 6.07) is 17.6. The molecule has 0 amide bonds. The summed E-state index contributed by atoms with van der Waals surface area (Å²) >= 11 is 0. The highest BCUT2D eigenvalue weighted by Crippen LogP contribution is 2.30. The summed E-state index contributed by atoms with van der Waals surface area (Å²) in [7, 11) is 0. The lowest BCUT2D eigenvalue weighted by Crippen LogP contribution is -2.09. The Labute approximate surface area is 190 Å². The second kappa shape index (κ2) is 9.53. The van der Waals surface area contributed by atoms with E-state index in [4.69, 9.17) is 13.9 Å². The molecule has 0 atom stereocenters. The number of benzene rings is 3. The molecule has 0 aliphatic carbocycles. The average Bonchev–Trinajstić information content (AvgIpc) is 3.14. The molecule has 0 radical (unpaired) electrons. The summed E-state index contributed by atoms with van der Waals surface area (Å²) in [6.45, 7) is 4.08. The van der Waals surface area contributed by atoms with E-state index in [1.807, 2.05) is 6.92 Å². The number of esters is 1. The Kier molecular flexibility index (Phi) is 6.36. The molecular weight excluding hydrogens is 423 g/mol. The van der Waals surface area contributed by atoms with Crippen molar-refractivity contribution in [3.8, 4) is 11.5 Å². The molecule has 4 aromatic rings. The molecule has 0 saturated carbocycles. The van der Waals surface area contributed by atoms with Gasteiger partial charge >= 0.3 is 5.97 Å². The molecule has 0 spiro atoms. The number of allylic oxidation sites excluding steroid dienone is 1. The van der Waals surface area contributed by atoms with E-state index < -0.39 is 11.8 Å². The van der Waals surface area contributed by atoms with Gasteiger partial charge in [-0.3, -0.25) is 4.79 Å². The van der Waals surface area contributed by atoms with Gasteiger partial charge in [-0.05, 0) is 74.5 Å². The van der Waals surface area contributed by atoms with Crippen molar-refractivity contribution in [3.05, 3.63) is 101 Å². The molecule has 4 rings (SSSR count). The van der Waals surface area contributed by atoms with Crippen molar-refractivity contribution in [2.24, 2.45) is 0 Å². The van der Waals surface area contributed by atoms with Crippen molar-refractivity contribution in [2.75, 3.05) is 6.61 Å². The smallest absolute Gasteiger partial charge is 0.347 e. The van der Waals surface area contributed by atoms with E-state index in [9.17, 15) is 14.0 Å². The van der Waals surface area contributed by atoms with Gasteiger partial charge in [-0.15, -0.1) is 0 Å². The number of ketones is 1. The highest BCUT2D eigenvalue weighted by Gasteiger charge is 2.21. The van der Waals surface area contributed by atoms with Crippen LogP contribution in [0.25, 0.3) is 17.0 Å². The quantitative estimate of drug-likeness (QED) is 0.143. The van der Waals surface area contributed by atoms with Crippen molar-refractivity contribution < 1.29 is 27.9 Å². The number of halogens is 1. The number of hydrogen-bond acceptors (Lipinski definition) is 5. The number of aryl methyl sites for hydroxylation is 1. The summed E-state index contributed by atoms with van der Waals surface area (Å²) in [5.74, 6) is 0.0816. The van der Waals surface area contributed by atoms with Crippen molar-refractivity contribution >= 4 is 28.8 Å². The van der Waals surface area contributed by atoms with Gasteiger partial charge in [0.15, 0.2) is 5.78 Å². The zero-order chi connectivity index (χ0) is 23.4. The summed E-state index contributed by atoms with van der Waals surface area (Å²) in [5.41, 5.74) is 1.59. The van der Waals surface area contributed by atoms with Crippen LogP contribution in [-0.2, 0) is 0 Å². The van der Waals surface area contributed by atoms with Gasteiger partial charge in [0.1, 0.15) is 34.2 Å². The van der Waals surface area contributed by atoms with E-state index >= 15 is 0 Å². The van der Waals surface area contributed by atoms with Crippen LogP contribution < -0.4 is 9.47 Å². The van der Waals surface area contributed by atoms with E-state index in [1.165, 1.54) is 30.4 Å². The molecule has 0 aliphatic rings. The average molecular weight is 444 g/mol. The Morgan fingerprint density at radius 1 is 1.00 bits per heavy atom. The number of ether oxygens (including phenoxy) is 2.